The molecule has 170 valence electrons. The van der Waals surface area contributed by atoms with Gasteiger partial charge in [0.25, 0.3) is 0 Å². The van der Waals surface area contributed by atoms with Crippen molar-refractivity contribution in [3.63, 3.8) is 0 Å². The highest BCUT2D eigenvalue weighted by Gasteiger charge is 2.40. The van der Waals surface area contributed by atoms with E-state index in [4.69, 9.17) is 40.1 Å². The minimum atomic E-state index is -0.830. The first-order chi connectivity index (χ1) is 15.7. The quantitative estimate of drug-likeness (QED) is 0.266. The highest BCUT2D eigenvalue weighted by atomic mass is 35.5. The number of carbonyl (C=O) groups excluding carboxylic acids is 1. The summed E-state index contributed by atoms with van der Waals surface area (Å²) in [6.07, 6.45) is 4.58. The molecule has 0 amide bonds. The number of nitrogen functional groups attached to an aromatic ring is 1. The van der Waals surface area contributed by atoms with Crippen molar-refractivity contribution in [2.75, 3.05) is 23.7 Å². The molecule has 33 heavy (non-hydrogen) atoms. The smallest absolute Gasteiger partial charge is 0.151 e. The van der Waals surface area contributed by atoms with E-state index < -0.39 is 5.54 Å². The van der Waals surface area contributed by atoms with Crippen molar-refractivity contribution in [2.45, 2.75) is 24.8 Å². The molecule has 8 nitrogen and oxygen atoms in total. The maximum Gasteiger partial charge on any atom is 0.151 e. The van der Waals surface area contributed by atoms with Gasteiger partial charge in [0.15, 0.2) is 5.82 Å². The number of hydrogen-bond donors (Lipinski definition) is 3. The van der Waals surface area contributed by atoms with Gasteiger partial charge in [0.05, 0.1) is 15.8 Å². The van der Waals surface area contributed by atoms with Gasteiger partial charge in [-0.05, 0) is 47.7 Å². The van der Waals surface area contributed by atoms with Crippen molar-refractivity contribution < 1.29 is 4.79 Å². The molecule has 1 aromatic carbocycles. The van der Waals surface area contributed by atoms with E-state index in [1.165, 1.54) is 0 Å². The predicted molar refractivity (Wildman–Crippen MR) is 130 cm³/mol. The molecule has 1 fully saturated rings. The van der Waals surface area contributed by atoms with Gasteiger partial charge in [-0.15, -0.1) is 10.2 Å². The average molecular weight is 484 g/mol. The Morgan fingerprint density at radius 2 is 1.91 bits per heavy atom. The SMILES string of the molecule is C[C@@H](Cc1ccc(N)c(C(=N)c2ccc(N3CC(N)(C=O)C3)nn2)c1)c1c(Cl)cncc1Cl. The van der Waals surface area contributed by atoms with Gasteiger partial charge in [-0.2, -0.15) is 0 Å². The Balaban J connectivity index is 1.52. The minimum Gasteiger partial charge on any atom is -0.398 e. The number of nitrogens with one attached hydrogen (secondary N) is 1. The second-order valence-electron chi connectivity index (χ2n) is 8.40. The molecule has 1 aliphatic heterocycles. The van der Waals surface area contributed by atoms with E-state index in [0.717, 1.165) is 17.4 Å². The Bertz CT molecular complexity index is 1190. The van der Waals surface area contributed by atoms with Crippen LogP contribution in [0.5, 0.6) is 0 Å². The van der Waals surface area contributed by atoms with Crippen LogP contribution in [0.15, 0.2) is 42.7 Å². The van der Waals surface area contributed by atoms with Crippen LogP contribution in [0.2, 0.25) is 10.0 Å². The molecule has 0 radical (unpaired) electrons. The van der Waals surface area contributed by atoms with E-state index in [1.807, 2.05) is 24.0 Å². The van der Waals surface area contributed by atoms with E-state index in [2.05, 4.69) is 15.2 Å². The molecule has 2 aromatic heterocycles. The molecule has 5 N–H and O–H groups in total. The molecule has 1 atom stereocenters. The van der Waals surface area contributed by atoms with Gasteiger partial charge < -0.3 is 21.2 Å². The molecule has 3 aromatic rings. The minimum absolute atomic E-state index is 0.0373. The van der Waals surface area contributed by atoms with Crippen LogP contribution in [0, 0.1) is 5.41 Å². The van der Waals surface area contributed by atoms with E-state index in [-0.39, 0.29) is 11.6 Å². The summed E-state index contributed by atoms with van der Waals surface area (Å²) in [6, 6.07) is 9.07. The van der Waals surface area contributed by atoms with Crippen molar-refractivity contribution in [3.8, 4) is 0 Å². The summed E-state index contributed by atoms with van der Waals surface area (Å²) < 4.78 is 0. The zero-order chi connectivity index (χ0) is 23.8. The normalized spacial score (nSPS) is 15.6. The lowest BCUT2D eigenvalue weighted by molar-refractivity contribution is -0.113. The summed E-state index contributed by atoms with van der Waals surface area (Å²) in [6.45, 7) is 2.82. The number of carbonyl (C=O) groups is 1. The first-order valence-electron chi connectivity index (χ1n) is 10.3. The van der Waals surface area contributed by atoms with E-state index in [0.29, 0.717) is 52.3 Å². The number of nitrogens with two attached hydrogens (primary N) is 2. The fourth-order valence-electron chi connectivity index (χ4n) is 3.96. The molecular weight excluding hydrogens is 461 g/mol. The van der Waals surface area contributed by atoms with Crippen molar-refractivity contribution in [1.82, 2.24) is 15.2 Å². The van der Waals surface area contributed by atoms with E-state index >= 15 is 0 Å². The molecule has 0 aliphatic carbocycles. The lowest BCUT2D eigenvalue weighted by Crippen LogP contribution is -2.68. The summed E-state index contributed by atoms with van der Waals surface area (Å²) in [5.74, 6) is 0.645. The fraction of sp³-hybridized carbons (Fsp3) is 0.261. The Labute approximate surface area is 201 Å². The molecular formula is C23H23Cl2N7O. The molecule has 0 unspecified atom stereocenters. The van der Waals surface area contributed by atoms with E-state index in [1.54, 1.807) is 30.6 Å². The van der Waals surface area contributed by atoms with Crippen LogP contribution in [-0.2, 0) is 11.2 Å². The summed E-state index contributed by atoms with van der Waals surface area (Å²) in [5.41, 5.74) is 14.7. The topological polar surface area (TPSA) is 135 Å². The summed E-state index contributed by atoms with van der Waals surface area (Å²) in [5, 5.41) is 18.1. The second-order valence-corrected chi connectivity index (χ2v) is 9.22. The van der Waals surface area contributed by atoms with Gasteiger partial charge in [-0.3, -0.25) is 10.4 Å². The highest BCUT2D eigenvalue weighted by molar-refractivity contribution is 6.35. The molecule has 4 rings (SSSR count). The molecule has 1 aliphatic rings. The number of halogens is 2. The van der Waals surface area contributed by atoms with Gasteiger partial charge >= 0.3 is 0 Å². The van der Waals surface area contributed by atoms with Crippen molar-refractivity contribution in [3.05, 3.63) is 75.2 Å². The maximum atomic E-state index is 11.0. The van der Waals surface area contributed by atoms with Gasteiger partial charge in [-0.1, -0.05) is 36.2 Å². The van der Waals surface area contributed by atoms with Crippen LogP contribution >= 0.6 is 23.2 Å². The lowest BCUT2D eigenvalue weighted by atomic mass is 9.92. The zero-order valence-corrected chi connectivity index (χ0v) is 19.4. The Hall–Kier alpha value is -3.07. The first kappa shape index (κ1) is 23.1. The standard InChI is InChI=1S/C23H23Cl2N7O/c1-13(21-16(24)8-29-9-17(21)25)6-14-2-3-18(26)15(7-14)22(27)19-4-5-20(31-30-19)32-10-23(28,11-32)12-33/h2-5,7-9,12-13,27H,6,10-11,26,28H2,1H3/t13-/m0/s1. The second kappa shape index (κ2) is 9.05. The Morgan fingerprint density at radius 3 is 2.52 bits per heavy atom. The number of anilines is 2. The van der Waals surface area contributed by atoms with Crippen molar-refractivity contribution in [2.24, 2.45) is 5.73 Å². The zero-order valence-electron chi connectivity index (χ0n) is 17.9. The molecule has 0 spiro atoms. The largest absolute Gasteiger partial charge is 0.398 e. The van der Waals surface area contributed by atoms with Gasteiger partial charge in [0.2, 0.25) is 0 Å². The number of hydrogen-bond acceptors (Lipinski definition) is 8. The average Bonchev–Trinajstić information content (AvgIpc) is 2.78. The first-order valence-corrected chi connectivity index (χ1v) is 11.1. The number of aromatic nitrogens is 3. The molecule has 0 saturated carbocycles. The number of rotatable bonds is 7. The molecule has 0 bridgehead atoms. The van der Waals surface area contributed by atoms with Gasteiger partial charge in [0, 0.05) is 36.7 Å². The third kappa shape index (κ3) is 4.68. The monoisotopic (exact) mass is 483 g/mol. The highest BCUT2D eigenvalue weighted by Crippen LogP contribution is 2.33. The summed E-state index contributed by atoms with van der Waals surface area (Å²) >= 11 is 12.6. The molecule has 3 heterocycles. The van der Waals surface area contributed by atoms with Gasteiger partial charge in [0.1, 0.15) is 17.5 Å². The molecule has 10 heteroatoms. The third-order valence-corrected chi connectivity index (χ3v) is 6.35. The number of pyridine rings is 1. The Kier molecular flexibility index (Phi) is 6.34. The summed E-state index contributed by atoms with van der Waals surface area (Å²) in [7, 11) is 0. The number of nitrogens with zero attached hydrogens (tertiary/aromatic N) is 4. The predicted octanol–water partition coefficient (Wildman–Crippen LogP) is 3.24. The fourth-order valence-corrected chi connectivity index (χ4v) is 4.70. The third-order valence-electron chi connectivity index (χ3n) is 5.75. The van der Waals surface area contributed by atoms with E-state index in [9.17, 15) is 4.79 Å². The van der Waals surface area contributed by atoms with Gasteiger partial charge in [-0.25, -0.2) is 0 Å². The Morgan fingerprint density at radius 1 is 1.21 bits per heavy atom. The number of aldehydes is 1. The maximum absolute atomic E-state index is 11.0. The van der Waals surface area contributed by atoms with Crippen LogP contribution in [0.25, 0.3) is 0 Å². The van der Waals surface area contributed by atoms with Crippen LogP contribution in [0.3, 0.4) is 0 Å². The van der Waals surface area contributed by atoms with Crippen LogP contribution in [0.1, 0.15) is 35.2 Å². The summed E-state index contributed by atoms with van der Waals surface area (Å²) in [4.78, 5) is 16.9. The van der Waals surface area contributed by atoms with Crippen molar-refractivity contribution >= 4 is 46.7 Å². The van der Waals surface area contributed by atoms with Crippen molar-refractivity contribution in [1.29, 1.82) is 5.41 Å². The van der Waals surface area contributed by atoms with Crippen LogP contribution in [0.4, 0.5) is 11.5 Å². The van der Waals surface area contributed by atoms with Crippen LogP contribution < -0.4 is 16.4 Å². The van der Waals surface area contributed by atoms with Crippen LogP contribution in [-0.4, -0.2) is 45.8 Å². The molecule has 1 saturated heterocycles. The number of benzene rings is 1. The lowest BCUT2D eigenvalue weighted by Gasteiger charge is -2.44.